The largest absolute Gasteiger partial charge is 0.480 e. The maximum atomic E-state index is 10.9. The molecule has 0 aromatic carbocycles. The minimum Gasteiger partial charge on any atom is -0.480 e. The third kappa shape index (κ3) is 1.17. The normalized spacial score (nSPS) is 28.9. The van der Waals surface area contributed by atoms with Gasteiger partial charge in [0.25, 0.3) is 0 Å². The van der Waals surface area contributed by atoms with Crippen molar-refractivity contribution in [2.45, 2.75) is 18.9 Å². The van der Waals surface area contributed by atoms with Crippen LogP contribution in [0.1, 0.15) is 13.3 Å². The number of nitrogens with zero attached hydrogens (tertiary/aromatic N) is 1. The summed E-state index contributed by atoms with van der Waals surface area (Å²) >= 11 is 5.80. The quantitative estimate of drug-likeness (QED) is 0.675. The number of halogens is 1. The fourth-order valence-electron chi connectivity index (χ4n) is 1.22. The Morgan fingerprint density at radius 3 is 2.67 bits per heavy atom. The van der Waals surface area contributed by atoms with E-state index in [0.717, 1.165) is 0 Å². The van der Waals surface area contributed by atoms with E-state index in [0.29, 0.717) is 11.5 Å². The van der Waals surface area contributed by atoms with Crippen LogP contribution in [-0.4, -0.2) is 28.7 Å². The number of carboxylic acids is 1. The Balaban J connectivity index is 2.98. The van der Waals surface area contributed by atoms with Crippen molar-refractivity contribution in [1.82, 2.24) is 10.4 Å². The van der Waals surface area contributed by atoms with Gasteiger partial charge in [-0.15, -0.1) is 0 Å². The van der Waals surface area contributed by atoms with Crippen molar-refractivity contribution in [3.05, 3.63) is 11.2 Å². The highest BCUT2D eigenvalue weighted by Gasteiger charge is 2.44. The Morgan fingerprint density at radius 1 is 1.92 bits per heavy atom. The topological polar surface area (TPSA) is 52.6 Å². The van der Waals surface area contributed by atoms with E-state index in [1.807, 2.05) is 0 Å². The SMILES string of the molecule is CCC1(C(=O)O)NN(C)C=C1Cl. The fourth-order valence-corrected chi connectivity index (χ4v) is 1.62. The summed E-state index contributed by atoms with van der Waals surface area (Å²) < 4.78 is 0. The van der Waals surface area contributed by atoms with Gasteiger partial charge in [0.15, 0.2) is 5.54 Å². The highest BCUT2D eigenvalue weighted by atomic mass is 35.5. The molecule has 0 spiro atoms. The maximum absolute atomic E-state index is 10.9. The molecule has 0 saturated carbocycles. The van der Waals surface area contributed by atoms with Gasteiger partial charge in [0.05, 0.1) is 5.03 Å². The van der Waals surface area contributed by atoms with E-state index in [2.05, 4.69) is 5.43 Å². The van der Waals surface area contributed by atoms with Crippen LogP contribution < -0.4 is 5.43 Å². The fraction of sp³-hybridized carbons (Fsp3) is 0.571. The standard InChI is InChI=1S/C7H11ClN2O2/c1-3-7(6(11)12)5(8)4-10(2)9-7/h4,9H,3H2,1-2H3,(H,11,12). The Bertz CT molecular complexity index is 242. The first-order chi connectivity index (χ1) is 5.53. The summed E-state index contributed by atoms with van der Waals surface area (Å²) in [5.74, 6) is -0.949. The van der Waals surface area contributed by atoms with Gasteiger partial charge in [-0.25, -0.2) is 10.2 Å². The van der Waals surface area contributed by atoms with Crippen LogP contribution in [0.5, 0.6) is 0 Å². The van der Waals surface area contributed by atoms with Gasteiger partial charge in [-0.2, -0.15) is 0 Å². The molecule has 0 amide bonds. The first-order valence-corrected chi connectivity index (χ1v) is 4.02. The van der Waals surface area contributed by atoms with Gasteiger partial charge >= 0.3 is 5.97 Å². The van der Waals surface area contributed by atoms with Crippen LogP contribution in [0.4, 0.5) is 0 Å². The number of nitrogens with one attached hydrogen (secondary N) is 1. The average molecular weight is 191 g/mol. The van der Waals surface area contributed by atoms with Crippen LogP contribution >= 0.6 is 11.6 Å². The van der Waals surface area contributed by atoms with Crippen molar-refractivity contribution in [1.29, 1.82) is 0 Å². The molecule has 1 aliphatic rings. The predicted octanol–water partition coefficient (Wildman–Crippen LogP) is 0.750. The van der Waals surface area contributed by atoms with Crippen LogP contribution in [-0.2, 0) is 4.79 Å². The summed E-state index contributed by atoms with van der Waals surface area (Å²) in [6.45, 7) is 1.77. The van der Waals surface area contributed by atoms with E-state index < -0.39 is 11.5 Å². The van der Waals surface area contributed by atoms with Gasteiger partial charge in [-0.05, 0) is 6.42 Å². The molecule has 0 fully saturated rings. The Kier molecular flexibility index (Phi) is 2.30. The average Bonchev–Trinajstić information content (AvgIpc) is 2.26. The van der Waals surface area contributed by atoms with E-state index in [9.17, 15) is 4.79 Å². The Labute approximate surface area is 75.8 Å². The lowest BCUT2D eigenvalue weighted by Crippen LogP contribution is -2.52. The van der Waals surface area contributed by atoms with Gasteiger partial charge in [-0.3, -0.25) is 0 Å². The van der Waals surface area contributed by atoms with Gasteiger partial charge in [0.2, 0.25) is 0 Å². The van der Waals surface area contributed by atoms with E-state index in [1.54, 1.807) is 25.2 Å². The summed E-state index contributed by atoms with van der Waals surface area (Å²) in [4.78, 5) is 10.9. The molecule has 1 aliphatic heterocycles. The zero-order valence-corrected chi connectivity index (χ0v) is 7.72. The molecule has 0 bridgehead atoms. The molecule has 0 aromatic heterocycles. The molecule has 68 valence electrons. The predicted molar refractivity (Wildman–Crippen MR) is 45.5 cm³/mol. The zero-order chi connectivity index (χ0) is 9.35. The van der Waals surface area contributed by atoms with E-state index in [1.165, 1.54) is 0 Å². The molecule has 1 rings (SSSR count). The van der Waals surface area contributed by atoms with Crippen LogP contribution in [0.2, 0.25) is 0 Å². The molecule has 5 heteroatoms. The number of carboxylic acid groups (broad SMARTS) is 1. The number of hydrazine groups is 1. The minimum atomic E-state index is -1.11. The molecule has 0 saturated heterocycles. The van der Waals surface area contributed by atoms with Gasteiger partial charge in [0.1, 0.15) is 0 Å². The van der Waals surface area contributed by atoms with Crippen molar-refractivity contribution in [2.75, 3.05) is 7.05 Å². The summed E-state index contributed by atoms with van der Waals surface area (Å²) in [5, 5.41) is 10.8. The highest BCUT2D eigenvalue weighted by molar-refractivity contribution is 6.33. The van der Waals surface area contributed by atoms with Gasteiger partial charge in [0, 0.05) is 13.2 Å². The second kappa shape index (κ2) is 2.95. The summed E-state index contributed by atoms with van der Waals surface area (Å²) in [7, 11) is 1.71. The van der Waals surface area contributed by atoms with Gasteiger partial charge < -0.3 is 10.1 Å². The number of hydrogen-bond donors (Lipinski definition) is 2. The lowest BCUT2D eigenvalue weighted by atomic mass is 9.98. The second-order valence-corrected chi connectivity index (χ2v) is 3.17. The van der Waals surface area contributed by atoms with E-state index >= 15 is 0 Å². The van der Waals surface area contributed by atoms with E-state index in [4.69, 9.17) is 16.7 Å². The van der Waals surface area contributed by atoms with Crippen LogP contribution in [0.15, 0.2) is 11.2 Å². The van der Waals surface area contributed by atoms with Gasteiger partial charge in [-0.1, -0.05) is 18.5 Å². The van der Waals surface area contributed by atoms with Crippen molar-refractivity contribution in [3.8, 4) is 0 Å². The van der Waals surface area contributed by atoms with Crippen LogP contribution in [0.3, 0.4) is 0 Å². The first-order valence-electron chi connectivity index (χ1n) is 3.65. The van der Waals surface area contributed by atoms with Crippen LogP contribution in [0, 0.1) is 0 Å². The number of rotatable bonds is 2. The molecule has 0 aromatic rings. The lowest BCUT2D eigenvalue weighted by Gasteiger charge is -2.25. The smallest absolute Gasteiger partial charge is 0.331 e. The summed E-state index contributed by atoms with van der Waals surface area (Å²) in [5.41, 5.74) is 1.66. The zero-order valence-electron chi connectivity index (χ0n) is 6.97. The molecule has 2 N–H and O–H groups in total. The minimum absolute atomic E-state index is 0.319. The molecule has 12 heavy (non-hydrogen) atoms. The molecule has 0 radical (unpaired) electrons. The molecule has 4 nitrogen and oxygen atoms in total. The molecule has 1 heterocycles. The Morgan fingerprint density at radius 2 is 2.50 bits per heavy atom. The molecule has 1 atom stereocenters. The molecule has 0 aliphatic carbocycles. The monoisotopic (exact) mass is 190 g/mol. The summed E-state index contributed by atoms with van der Waals surface area (Å²) in [6, 6.07) is 0. The van der Waals surface area contributed by atoms with Crippen molar-refractivity contribution in [3.63, 3.8) is 0 Å². The second-order valence-electron chi connectivity index (χ2n) is 2.76. The molecular formula is C7H11ClN2O2. The van der Waals surface area contributed by atoms with Crippen LogP contribution in [0.25, 0.3) is 0 Å². The number of aliphatic carboxylic acids is 1. The number of carbonyl (C=O) groups is 1. The number of hydrogen-bond acceptors (Lipinski definition) is 3. The molecule has 1 unspecified atom stereocenters. The highest BCUT2D eigenvalue weighted by Crippen LogP contribution is 2.29. The van der Waals surface area contributed by atoms with Crippen molar-refractivity contribution in [2.24, 2.45) is 0 Å². The molecular weight excluding hydrogens is 180 g/mol. The van der Waals surface area contributed by atoms with Crippen molar-refractivity contribution < 1.29 is 9.90 Å². The first kappa shape index (κ1) is 9.35. The summed E-state index contributed by atoms with van der Waals surface area (Å²) in [6.07, 6.45) is 1.99. The third-order valence-corrected chi connectivity index (χ3v) is 2.40. The Hall–Kier alpha value is -0.740. The lowest BCUT2D eigenvalue weighted by molar-refractivity contribution is -0.143. The van der Waals surface area contributed by atoms with E-state index in [-0.39, 0.29) is 0 Å². The maximum Gasteiger partial charge on any atom is 0.331 e. The third-order valence-electron chi connectivity index (χ3n) is 1.98. The van der Waals surface area contributed by atoms with Crippen molar-refractivity contribution >= 4 is 17.6 Å².